The van der Waals surface area contributed by atoms with Crippen LogP contribution in [0.1, 0.15) is 22.5 Å². The molecule has 4 nitrogen and oxygen atoms in total. The van der Waals surface area contributed by atoms with Crippen LogP contribution in [0, 0.1) is 6.92 Å². The van der Waals surface area contributed by atoms with Gasteiger partial charge in [0.2, 0.25) is 0 Å². The highest BCUT2D eigenvalue weighted by molar-refractivity contribution is 6.32. The molecule has 0 fully saturated rings. The smallest absolute Gasteiger partial charge is 0.115 e. The summed E-state index contributed by atoms with van der Waals surface area (Å²) in [5, 5.41) is 1.90. The Kier molecular flexibility index (Phi) is 3.71. The van der Waals surface area contributed by atoms with Gasteiger partial charge in [-0.05, 0) is 30.5 Å². The van der Waals surface area contributed by atoms with E-state index < -0.39 is 0 Å². The third-order valence-corrected chi connectivity index (χ3v) is 4.97. The monoisotopic (exact) mass is 324 g/mol. The summed E-state index contributed by atoms with van der Waals surface area (Å²) >= 11 is 6.58. The number of halogens is 1. The lowest BCUT2D eigenvalue weighted by atomic mass is 10.1. The largest absolute Gasteiger partial charge is 0.291 e. The Labute approximate surface area is 140 Å². The fraction of sp³-hybridized carbons (Fsp3) is 0.278. The molecule has 0 radical (unpaired) electrons. The van der Waals surface area contributed by atoms with Crippen LogP contribution in [0.3, 0.4) is 0 Å². The van der Waals surface area contributed by atoms with Gasteiger partial charge in [0.05, 0.1) is 21.9 Å². The van der Waals surface area contributed by atoms with Crippen molar-refractivity contribution < 1.29 is 0 Å². The van der Waals surface area contributed by atoms with E-state index in [1.807, 2.05) is 24.4 Å². The molecule has 3 aromatic rings. The maximum Gasteiger partial charge on any atom is 0.115 e. The number of aryl methyl sites for hydroxylation is 1. The van der Waals surface area contributed by atoms with Gasteiger partial charge in [0.15, 0.2) is 0 Å². The molecule has 1 aliphatic rings. The second-order valence-electron chi connectivity index (χ2n) is 5.97. The predicted molar refractivity (Wildman–Crippen MR) is 91.3 cm³/mol. The van der Waals surface area contributed by atoms with Crippen molar-refractivity contribution in [3.05, 3.63) is 64.3 Å². The van der Waals surface area contributed by atoms with Crippen molar-refractivity contribution in [2.75, 3.05) is 6.54 Å². The SMILES string of the molecule is Cc1c(Cl)c(CN2CCc3cncnc3C2)nc2ccccc12. The molecule has 1 aliphatic heterocycles. The molecule has 116 valence electrons. The lowest BCUT2D eigenvalue weighted by Gasteiger charge is -2.27. The number of para-hydroxylation sites is 1. The van der Waals surface area contributed by atoms with Crippen molar-refractivity contribution in [3.8, 4) is 0 Å². The molecule has 4 rings (SSSR count). The summed E-state index contributed by atoms with van der Waals surface area (Å²) in [5.74, 6) is 0. The summed E-state index contributed by atoms with van der Waals surface area (Å²) in [5.41, 5.74) is 5.41. The maximum atomic E-state index is 6.58. The third-order valence-electron chi connectivity index (χ3n) is 4.47. The Morgan fingerprint density at radius 3 is 3.04 bits per heavy atom. The van der Waals surface area contributed by atoms with Crippen LogP contribution in [-0.4, -0.2) is 26.4 Å². The Morgan fingerprint density at radius 2 is 2.13 bits per heavy atom. The van der Waals surface area contributed by atoms with Crippen LogP contribution in [0.2, 0.25) is 5.02 Å². The summed E-state index contributed by atoms with van der Waals surface area (Å²) in [6, 6.07) is 8.15. The van der Waals surface area contributed by atoms with Gasteiger partial charge in [-0.1, -0.05) is 29.8 Å². The number of nitrogens with zero attached hydrogens (tertiary/aromatic N) is 4. The van der Waals surface area contributed by atoms with Crippen LogP contribution in [0.15, 0.2) is 36.8 Å². The van der Waals surface area contributed by atoms with Gasteiger partial charge in [0, 0.05) is 31.2 Å². The summed E-state index contributed by atoms with van der Waals surface area (Å²) in [4.78, 5) is 15.6. The van der Waals surface area contributed by atoms with E-state index in [-0.39, 0.29) is 0 Å². The quantitative estimate of drug-likeness (QED) is 0.723. The second-order valence-corrected chi connectivity index (χ2v) is 6.35. The van der Waals surface area contributed by atoms with Gasteiger partial charge >= 0.3 is 0 Å². The van der Waals surface area contributed by atoms with Crippen LogP contribution >= 0.6 is 11.6 Å². The van der Waals surface area contributed by atoms with Crippen LogP contribution in [0.25, 0.3) is 10.9 Å². The molecule has 5 heteroatoms. The number of fused-ring (bicyclic) bond motifs is 2. The van der Waals surface area contributed by atoms with Gasteiger partial charge in [0.1, 0.15) is 6.33 Å². The number of hydrogen-bond donors (Lipinski definition) is 0. The van der Waals surface area contributed by atoms with Crippen molar-refractivity contribution in [1.82, 2.24) is 19.9 Å². The first-order valence-electron chi connectivity index (χ1n) is 7.76. The first kappa shape index (κ1) is 14.5. The van der Waals surface area contributed by atoms with E-state index in [9.17, 15) is 0 Å². The van der Waals surface area contributed by atoms with Crippen LogP contribution in [0.4, 0.5) is 0 Å². The van der Waals surface area contributed by atoms with Crippen molar-refractivity contribution >= 4 is 22.5 Å². The zero-order valence-electron chi connectivity index (χ0n) is 13.0. The zero-order chi connectivity index (χ0) is 15.8. The fourth-order valence-electron chi connectivity index (χ4n) is 3.17. The Hall–Kier alpha value is -2.04. The summed E-state index contributed by atoms with van der Waals surface area (Å²) in [6.07, 6.45) is 4.51. The van der Waals surface area contributed by atoms with Crippen molar-refractivity contribution in [2.24, 2.45) is 0 Å². The van der Waals surface area contributed by atoms with Gasteiger partial charge < -0.3 is 0 Å². The van der Waals surface area contributed by atoms with E-state index in [4.69, 9.17) is 16.6 Å². The van der Waals surface area contributed by atoms with Gasteiger partial charge in [0.25, 0.3) is 0 Å². The van der Waals surface area contributed by atoms with Crippen molar-refractivity contribution in [3.63, 3.8) is 0 Å². The Morgan fingerprint density at radius 1 is 1.26 bits per heavy atom. The first-order chi connectivity index (χ1) is 11.2. The maximum absolute atomic E-state index is 6.58. The molecule has 23 heavy (non-hydrogen) atoms. The van der Waals surface area contributed by atoms with Gasteiger partial charge in [-0.15, -0.1) is 0 Å². The average molecular weight is 325 g/mol. The normalized spacial score (nSPS) is 14.9. The summed E-state index contributed by atoms with van der Waals surface area (Å²) in [6.45, 7) is 4.61. The molecule has 2 aromatic heterocycles. The van der Waals surface area contributed by atoms with E-state index in [2.05, 4.69) is 27.9 Å². The molecule has 0 amide bonds. The van der Waals surface area contributed by atoms with E-state index in [0.29, 0.717) is 0 Å². The Balaban J connectivity index is 1.65. The molecular weight excluding hydrogens is 308 g/mol. The minimum absolute atomic E-state index is 0.744. The molecular formula is C18H17ClN4. The second kappa shape index (κ2) is 5.87. The number of rotatable bonds is 2. The lowest BCUT2D eigenvalue weighted by molar-refractivity contribution is 0.238. The number of benzene rings is 1. The third kappa shape index (κ3) is 2.69. The van der Waals surface area contributed by atoms with E-state index in [1.54, 1.807) is 6.33 Å². The minimum Gasteiger partial charge on any atom is -0.291 e. The van der Waals surface area contributed by atoms with E-state index in [1.165, 1.54) is 5.56 Å². The highest BCUT2D eigenvalue weighted by Crippen LogP contribution is 2.28. The Bertz CT molecular complexity index is 878. The first-order valence-corrected chi connectivity index (χ1v) is 8.14. The number of pyridine rings is 1. The van der Waals surface area contributed by atoms with Gasteiger partial charge in [-0.2, -0.15) is 0 Å². The van der Waals surface area contributed by atoms with Crippen LogP contribution in [-0.2, 0) is 19.5 Å². The summed E-state index contributed by atoms with van der Waals surface area (Å²) < 4.78 is 0. The molecule has 0 unspecified atom stereocenters. The molecule has 0 saturated heterocycles. The van der Waals surface area contributed by atoms with Gasteiger partial charge in [-0.3, -0.25) is 4.90 Å². The van der Waals surface area contributed by atoms with Crippen LogP contribution in [0.5, 0.6) is 0 Å². The molecule has 0 spiro atoms. The van der Waals surface area contributed by atoms with E-state index >= 15 is 0 Å². The minimum atomic E-state index is 0.744. The van der Waals surface area contributed by atoms with Crippen LogP contribution < -0.4 is 0 Å². The molecule has 0 saturated carbocycles. The van der Waals surface area contributed by atoms with E-state index in [0.717, 1.165) is 58.9 Å². The topological polar surface area (TPSA) is 41.9 Å². The molecule has 0 atom stereocenters. The molecule has 1 aromatic carbocycles. The zero-order valence-corrected chi connectivity index (χ0v) is 13.7. The molecule has 0 bridgehead atoms. The predicted octanol–water partition coefficient (Wildman–Crippen LogP) is 3.54. The number of aromatic nitrogens is 3. The standard InChI is InChI=1S/C18H17ClN4/c1-12-14-4-2-3-5-15(14)22-17(18(12)19)10-23-7-6-13-8-20-11-21-16(13)9-23/h2-5,8,11H,6-7,9-10H2,1H3. The van der Waals surface area contributed by atoms with Gasteiger partial charge in [-0.25, -0.2) is 15.0 Å². The lowest BCUT2D eigenvalue weighted by Crippen LogP contribution is -2.31. The molecule has 3 heterocycles. The van der Waals surface area contributed by atoms with Crippen molar-refractivity contribution in [1.29, 1.82) is 0 Å². The number of hydrogen-bond acceptors (Lipinski definition) is 4. The molecule has 0 N–H and O–H groups in total. The summed E-state index contributed by atoms with van der Waals surface area (Å²) in [7, 11) is 0. The highest BCUT2D eigenvalue weighted by atomic mass is 35.5. The highest BCUT2D eigenvalue weighted by Gasteiger charge is 2.20. The fourth-order valence-corrected chi connectivity index (χ4v) is 3.38. The average Bonchev–Trinajstić information content (AvgIpc) is 2.59. The molecule has 0 aliphatic carbocycles. The van der Waals surface area contributed by atoms with Crippen molar-refractivity contribution in [2.45, 2.75) is 26.4 Å².